The van der Waals surface area contributed by atoms with Crippen LogP contribution in [0.25, 0.3) is 78.5 Å². The van der Waals surface area contributed by atoms with Crippen molar-refractivity contribution in [3.8, 4) is 68.4 Å². The summed E-state index contributed by atoms with van der Waals surface area (Å²) in [6, 6.07) is 55.4. The summed E-state index contributed by atoms with van der Waals surface area (Å²) in [5.41, 5.74) is 12.0. The molecule has 8 nitrogen and oxygen atoms in total. The second-order valence-corrected chi connectivity index (χ2v) is 24.2. The smallest absolute Gasteiger partial charge is 0.248 e. The molecule has 2 heterocycles. The summed E-state index contributed by atoms with van der Waals surface area (Å²) in [6.07, 6.45) is 22.2. The number of benzene rings is 8. The number of hydrogen-bond donors (Lipinski definition) is 0. The molecule has 1 aliphatic rings. The predicted molar refractivity (Wildman–Crippen MR) is 337 cm³/mol. The van der Waals surface area contributed by atoms with Crippen molar-refractivity contribution in [1.82, 2.24) is 20.4 Å². The molecule has 0 bridgehead atoms. The van der Waals surface area contributed by atoms with Crippen molar-refractivity contribution in [1.29, 1.82) is 0 Å². The molecule has 0 N–H and O–H groups in total. The monoisotopic (exact) mass is 1200 g/mol. The number of hydrogen-bond acceptors (Lipinski definition) is 8. The fourth-order valence-electron chi connectivity index (χ4n) is 11.9. The van der Waals surface area contributed by atoms with Gasteiger partial charge >= 0.3 is 0 Å². The molecular weight excluding hydrogens is 1130 g/mol. The zero-order valence-electron chi connectivity index (χ0n) is 46.8. The molecule has 414 valence electrons. The molecule has 0 fully saturated rings. The molecule has 0 radical (unpaired) electrons. The van der Waals surface area contributed by atoms with Gasteiger partial charge in [0, 0.05) is 36.6 Å². The van der Waals surface area contributed by atoms with Gasteiger partial charge in [-0.3, -0.25) is 0 Å². The summed E-state index contributed by atoms with van der Waals surface area (Å²) in [4.78, 5) is 0. The molecule has 0 unspecified atom stereocenters. The minimum Gasteiger partial charge on any atom is -0.494 e. The molecule has 10 heteroatoms. The average Bonchev–Trinajstić information content (AvgIpc) is 4.25. The van der Waals surface area contributed by atoms with E-state index >= 15 is 0 Å². The molecule has 0 saturated carbocycles. The first-order valence-electron chi connectivity index (χ1n) is 29.5. The molecule has 0 spiro atoms. The quantitative estimate of drug-likeness (QED) is 0.0448. The van der Waals surface area contributed by atoms with E-state index in [-0.39, 0.29) is 5.41 Å². The molecule has 0 amide bonds. The number of fused-ring (bicyclic) bond motifs is 5. The molecule has 81 heavy (non-hydrogen) atoms. The Kier molecular flexibility index (Phi) is 18.5. The molecule has 0 saturated heterocycles. The summed E-state index contributed by atoms with van der Waals surface area (Å²) in [5, 5.41) is 21.7. The first kappa shape index (κ1) is 56.0. The third-order valence-corrected chi connectivity index (χ3v) is 17.4. The Morgan fingerprint density at radius 1 is 0.346 bits per heavy atom. The van der Waals surface area contributed by atoms with Gasteiger partial charge in [-0.25, -0.2) is 0 Å². The zero-order chi connectivity index (χ0) is 55.4. The van der Waals surface area contributed by atoms with Gasteiger partial charge in [-0.1, -0.05) is 194 Å². The van der Waals surface area contributed by atoms with Crippen LogP contribution in [-0.2, 0) is 5.41 Å². The highest BCUT2D eigenvalue weighted by Crippen LogP contribution is 2.55. The van der Waals surface area contributed by atoms with Gasteiger partial charge in [-0.15, -0.1) is 20.4 Å². The van der Waals surface area contributed by atoms with Gasteiger partial charge in [-0.2, -0.15) is 0 Å². The van der Waals surface area contributed by atoms with E-state index < -0.39 is 0 Å². The fourth-order valence-corrected chi connectivity index (χ4v) is 12.6. The Balaban J connectivity index is 0.576. The molecule has 10 aromatic rings. The standard InChI is InChI=1S/C71H72Br2N4O4/c1-49-19-23-51(24-20-49)67-74-76-69(80-67)57-29-27-55-45-61(35-31-53(55)43-57)78-41-17-13-9-5-3-7-11-15-39-71(65-47-59(72)33-37-63(65)64-38-34-60(73)48-66(64)71)40-16-12-8-4-6-10-14-18-42-79-62-36-32-54-44-58(30-28-56(54)46-62)70-77-75-68(81-70)52-25-21-50(2)22-26-52/h19-38,43-48H,3-18,39-42H2,1-2H3. The van der Waals surface area contributed by atoms with Gasteiger partial charge in [0.05, 0.1) is 13.2 Å². The largest absolute Gasteiger partial charge is 0.494 e. The number of ether oxygens (including phenoxy) is 2. The lowest BCUT2D eigenvalue weighted by Gasteiger charge is -2.33. The first-order valence-corrected chi connectivity index (χ1v) is 31.1. The van der Waals surface area contributed by atoms with E-state index in [0.717, 1.165) is 81.4 Å². The van der Waals surface area contributed by atoms with Crippen molar-refractivity contribution in [3.63, 3.8) is 0 Å². The summed E-state index contributed by atoms with van der Waals surface area (Å²) < 4.78 is 26.9. The second-order valence-electron chi connectivity index (χ2n) is 22.3. The van der Waals surface area contributed by atoms with E-state index in [0.29, 0.717) is 23.6 Å². The minimum absolute atomic E-state index is 0.0453. The van der Waals surface area contributed by atoms with E-state index in [1.165, 1.54) is 145 Å². The van der Waals surface area contributed by atoms with E-state index in [1.807, 2.05) is 36.4 Å². The highest BCUT2D eigenvalue weighted by molar-refractivity contribution is 9.10. The molecule has 11 rings (SSSR count). The predicted octanol–water partition coefficient (Wildman–Crippen LogP) is 21.0. The molecule has 8 aromatic carbocycles. The number of halogens is 2. The maximum atomic E-state index is 6.23. The third kappa shape index (κ3) is 13.9. The lowest BCUT2D eigenvalue weighted by atomic mass is 9.70. The second kappa shape index (κ2) is 26.8. The fraction of sp³-hybridized carbons (Fsp3) is 0.324. The van der Waals surface area contributed by atoms with Crippen LogP contribution in [0.2, 0.25) is 0 Å². The maximum Gasteiger partial charge on any atom is 0.248 e. The zero-order valence-corrected chi connectivity index (χ0v) is 50.0. The Labute approximate surface area is 494 Å². The number of nitrogens with zero attached hydrogens (tertiary/aromatic N) is 4. The van der Waals surface area contributed by atoms with Gasteiger partial charge in [-0.05, 0) is 180 Å². The van der Waals surface area contributed by atoms with Crippen LogP contribution >= 0.6 is 31.9 Å². The lowest BCUT2D eigenvalue weighted by Crippen LogP contribution is -2.25. The molecule has 2 aromatic heterocycles. The summed E-state index contributed by atoms with van der Waals surface area (Å²) in [7, 11) is 0. The normalized spacial score (nSPS) is 12.5. The van der Waals surface area contributed by atoms with Crippen molar-refractivity contribution in [2.45, 2.75) is 135 Å². The van der Waals surface area contributed by atoms with Crippen LogP contribution in [0.4, 0.5) is 0 Å². The molecular formula is C71H72Br2N4O4. The highest BCUT2D eigenvalue weighted by Gasteiger charge is 2.42. The Morgan fingerprint density at radius 3 is 1.09 bits per heavy atom. The van der Waals surface area contributed by atoms with Gasteiger partial charge in [0.15, 0.2) is 0 Å². The minimum atomic E-state index is 0.0453. The van der Waals surface area contributed by atoms with Crippen LogP contribution in [0.15, 0.2) is 176 Å². The Morgan fingerprint density at radius 2 is 0.679 bits per heavy atom. The van der Waals surface area contributed by atoms with Gasteiger partial charge in [0.25, 0.3) is 0 Å². The molecule has 0 aliphatic heterocycles. The number of rotatable bonds is 28. The SMILES string of the molecule is Cc1ccc(-c2nnc(-c3ccc4cc(OCCCCCCCCCCC5(CCCCCCCCCCOc6ccc7cc(-c8nnc(-c9ccc(C)cc9)o8)ccc7c6)c6cc(Br)ccc6-c6ccc(Br)cc65)ccc4c3)o2)cc1. The van der Waals surface area contributed by atoms with E-state index in [1.54, 1.807) is 0 Å². The number of aryl methyl sites for hydroxylation is 2. The Hall–Kier alpha value is -6.88. The van der Waals surface area contributed by atoms with Crippen molar-refractivity contribution < 1.29 is 18.3 Å². The van der Waals surface area contributed by atoms with Gasteiger partial charge in [0.1, 0.15) is 11.5 Å². The lowest BCUT2D eigenvalue weighted by molar-refractivity contribution is 0.304. The van der Waals surface area contributed by atoms with Crippen LogP contribution in [0.5, 0.6) is 11.5 Å². The highest BCUT2D eigenvalue weighted by atomic mass is 79.9. The topological polar surface area (TPSA) is 96.3 Å². The molecule has 0 atom stereocenters. The van der Waals surface area contributed by atoms with Crippen molar-refractivity contribution in [2.24, 2.45) is 0 Å². The van der Waals surface area contributed by atoms with Crippen LogP contribution < -0.4 is 9.47 Å². The van der Waals surface area contributed by atoms with E-state index in [9.17, 15) is 0 Å². The van der Waals surface area contributed by atoms with E-state index in [2.05, 4.69) is 187 Å². The van der Waals surface area contributed by atoms with Crippen molar-refractivity contribution in [2.75, 3.05) is 13.2 Å². The van der Waals surface area contributed by atoms with Crippen LogP contribution in [-0.4, -0.2) is 33.6 Å². The number of aromatic nitrogens is 4. The maximum absolute atomic E-state index is 6.23. The van der Waals surface area contributed by atoms with Crippen molar-refractivity contribution in [3.05, 3.63) is 189 Å². The Bertz CT molecular complexity index is 3460. The average molecular weight is 1210 g/mol. The molecule has 1 aliphatic carbocycles. The number of unbranched alkanes of at least 4 members (excludes halogenated alkanes) is 14. The van der Waals surface area contributed by atoms with E-state index in [4.69, 9.17) is 18.3 Å². The van der Waals surface area contributed by atoms with Crippen molar-refractivity contribution >= 4 is 53.4 Å². The van der Waals surface area contributed by atoms with Gasteiger partial charge < -0.3 is 18.3 Å². The van der Waals surface area contributed by atoms with Crippen LogP contribution in [0.1, 0.15) is 138 Å². The summed E-state index contributed by atoms with van der Waals surface area (Å²) >= 11 is 7.75. The van der Waals surface area contributed by atoms with Crippen LogP contribution in [0.3, 0.4) is 0 Å². The van der Waals surface area contributed by atoms with Gasteiger partial charge in [0.2, 0.25) is 23.6 Å². The summed E-state index contributed by atoms with van der Waals surface area (Å²) in [5.74, 6) is 3.92. The third-order valence-electron chi connectivity index (χ3n) is 16.4. The first-order chi connectivity index (χ1) is 39.7. The summed E-state index contributed by atoms with van der Waals surface area (Å²) in [6.45, 7) is 5.61. The van der Waals surface area contributed by atoms with Crippen LogP contribution in [0, 0.1) is 13.8 Å².